The predicted molar refractivity (Wildman–Crippen MR) is 117 cm³/mol. The van der Waals surface area contributed by atoms with Crippen molar-refractivity contribution >= 4 is 29.6 Å². The van der Waals surface area contributed by atoms with Gasteiger partial charge in [-0.1, -0.05) is 22.8 Å². The maximum atomic E-state index is 13.6. The summed E-state index contributed by atoms with van der Waals surface area (Å²) >= 11 is 6.16. The number of halogens is 1. The minimum atomic E-state index is -1.12. The number of imide groups is 1. The van der Waals surface area contributed by atoms with Crippen LogP contribution in [0.4, 0.5) is 4.79 Å². The minimum Gasteiger partial charge on any atom is -0.460 e. The van der Waals surface area contributed by atoms with Gasteiger partial charge >= 0.3 is 12.1 Å². The van der Waals surface area contributed by atoms with Crippen LogP contribution in [-0.4, -0.2) is 39.2 Å². The van der Waals surface area contributed by atoms with Crippen molar-refractivity contribution in [2.75, 3.05) is 0 Å². The average Bonchev–Trinajstić information content (AvgIpc) is 2.94. The lowest BCUT2D eigenvalue weighted by Crippen LogP contribution is -2.43. The Morgan fingerprint density at radius 2 is 1.72 bits per heavy atom. The quantitative estimate of drug-likeness (QED) is 0.545. The van der Waals surface area contributed by atoms with Crippen molar-refractivity contribution in [3.8, 4) is 11.1 Å². The molecule has 0 saturated heterocycles. The normalized spacial score (nSPS) is 16.2. The van der Waals surface area contributed by atoms with Gasteiger partial charge in [0, 0.05) is 16.1 Å². The Morgan fingerprint density at radius 3 is 2.31 bits per heavy atom. The molecule has 1 aromatic heterocycles. The number of carbonyl (C=O) groups is 3. The third-order valence-corrected chi connectivity index (χ3v) is 4.81. The van der Waals surface area contributed by atoms with Crippen LogP contribution in [0.5, 0.6) is 0 Å². The largest absolute Gasteiger partial charge is 0.460 e. The molecule has 3 rings (SSSR count). The van der Waals surface area contributed by atoms with E-state index in [1.54, 1.807) is 60.6 Å². The van der Waals surface area contributed by atoms with Gasteiger partial charge in [-0.15, -0.1) is 0 Å². The topological polar surface area (TPSA) is 98.9 Å². The van der Waals surface area contributed by atoms with E-state index in [1.165, 1.54) is 6.07 Å². The Kier molecular flexibility index (Phi) is 6.12. The maximum Gasteiger partial charge on any atom is 0.418 e. The highest BCUT2D eigenvalue weighted by Crippen LogP contribution is 2.43. The van der Waals surface area contributed by atoms with Crippen LogP contribution in [0.1, 0.15) is 75.8 Å². The summed E-state index contributed by atoms with van der Waals surface area (Å²) in [6.45, 7) is 12.0. The number of ether oxygens (including phenoxy) is 2. The summed E-state index contributed by atoms with van der Waals surface area (Å²) in [6.07, 6.45) is -1.24. The number of fused-ring (bicyclic) bond motifs is 3. The van der Waals surface area contributed by atoms with Crippen LogP contribution in [-0.2, 0) is 14.3 Å². The molecule has 1 atom stereocenters. The van der Waals surface area contributed by atoms with Gasteiger partial charge in [0.15, 0.2) is 5.76 Å². The van der Waals surface area contributed by atoms with Gasteiger partial charge < -0.3 is 14.0 Å². The zero-order chi connectivity index (χ0) is 24.0. The fraction of sp³-hybridized carbons (Fsp3) is 0.478. The van der Waals surface area contributed by atoms with Gasteiger partial charge in [-0.05, 0) is 60.6 Å². The lowest BCUT2D eigenvalue weighted by molar-refractivity contribution is -0.156. The molecule has 0 fully saturated rings. The van der Waals surface area contributed by atoms with Crippen LogP contribution in [0.15, 0.2) is 22.7 Å². The molecule has 0 spiro atoms. The summed E-state index contributed by atoms with van der Waals surface area (Å²) in [6, 6.07) is 3.66. The van der Waals surface area contributed by atoms with Gasteiger partial charge in [0.25, 0.3) is 5.91 Å². The molecule has 1 aliphatic heterocycles. The Bertz CT molecular complexity index is 1080. The van der Waals surface area contributed by atoms with Gasteiger partial charge in [-0.25, -0.2) is 9.69 Å². The molecule has 8 nitrogen and oxygen atoms in total. The first-order valence-corrected chi connectivity index (χ1v) is 10.6. The van der Waals surface area contributed by atoms with E-state index in [2.05, 4.69) is 5.16 Å². The van der Waals surface area contributed by atoms with Crippen molar-refractivity contribution in [1.82, 2.24) is 10.1 Å². The van der Waals surface area contributed by atoms with Crippen LogP contribution in [0.25, 0.3) is 11.1 Å². The van der Waals surface area contributed by atoms with Gasteiger partial charge in [-0.2, -0.15) is 0 Å². The molecule has 1 aliphatic rings. The summed E-state index contributed by atoms with van der Waals surface area (Å²) in [5.74, 6) is -1.06. The number of nitrogens with zero attached hydrogens (tertiary/aromatic N) is 2. The molecule has 1 aromatic carbocycles. The van der Waals surface area contributed by atoms with Crippen molar-refractivity contribution < 1.29 is 28.4 Å². The summed E-state index contributed by atoms with van der Waals surface area (Å²) < 4.78 is 16.5. The molecule has 0 bridgehead atoms. The van der Waals surface area contributed by atoms with Crippen LogP contribution in [0.2, 0.25) is 5.02 Å². The van der Waals surface area contributed by atoms with Crippen molar-refractivity contribution in [3.63, 3.8) is 0 Å². The third kappa shape index (κ3) is 4.96. The lowest BCUT2D eigenvalue weighted by Gasteiger charge is -2.30. The van der Waals surface area contributed by atoms with Crippen LogP contribution < -0.4 is 0 Å². The van der Waals surface area contributed by atoms with Crippen molar-refractivity contribution in [3.05, 3.63) is 40.2 Å². The molecule has 9 heteroatoms. The van der Waals surface area contributed by atoms with Crippen molar-refractivity contribution in [1.29, 1.82) is 0 Å². The summed E-state index contributed by atoms with van der Waals surface area (Å²) in [4.78, 5) is 40.5. The first-order valence-electron chi connectivity index (χ1n) is 10.2. The summed E-state index contributed by atoms with van der Waals surface area (Å²) in [5.41, 5.74) is 0.105. The Balaban J connectivity index is 2.20. The summed E-state index contributed by atoms with van der Waals surface area (Å²) in [7, 11) is 0. The number of hydrogen-bond acceptors (Lipinski definition) is 7. The zero-order valence-corrected chi connectivity index (χ0v) is 20.0. The molecular formula is C23H27ClN2O6. The number of hydrogen-bond donors (Lipinski definition) is 0. The van der Waals surface area contributed by atoms with Gasteiger partial charge in [0.05, 0.1) is 17.7 Å². The third-order valence-electron chi connectivity index (χ3n) is 4.57. The number of aromatic nitrogens is 1. The van der Waals surface area contributed by atoms with E-state index < -0.39 is 35.2 Å². The maximum absolute atomic E-state index is 13.6. The van der Waals surface area contributed by atoms with E-state index in [0.29, 0.717) is 21.8 Å². The highest BCUT2D eigenvalue weighted by molar-refractivity contribution is 6.31. The molecule has 1 unspecified atom stereocenters. The van der Waals surface area contributed by atoms with E-state index in [-0.39, 0.29) is 17.7 Å². The van der Waals surface area contributed by atoms with Crippen molar-refractivity contribution in [2.45, 2.75) is 72.1 Å². The number of carbonyl (C=O) groups excluding carboxylic acids is 3. The Labute approximate surface area is 191 Å². The Morgan fingerprint density at radius 1 is 1.09 bits per heavy atom. The lowest BCUT2D eigenvalue weighted by atomic mass is 9.97. The molecular weight excluding hydrogens is 436 g/mol. The number of amides is 2. The van der Waals surface area contributed by atoms with E-state index in [4.69, 9.17) is 25.6 Å². The van der Waals surface area contributed by atoms with Gasteiger partial charge in [0.2, 0.25) is 0 Å². The molecule has 2 aromatic rings. The van der Waals surface area contributed by atoms with Crippen LogP contribution >= 0.6 is 11.6 Å². The second kappa shape index (κ2) is 8.24. The second-order valence-electron chi connectivity index (χ2n) is 9.66. The molecule has 172 valence electrons. The van der Waals surface area contributed by atoms with E-state index in [9.17, 15) is 14.4 Å². The summed E-state index contributed by atoms with van der Waals surface area (Å²) in [5, 5.41) is 4.36. The minimum absolute atomic E-state index is 0.183. The highest BCUT2D eigenvalue weighted by atomic mass is 35.5. The SMILES string of the molecule is Cc1noc2c1-c1ccc(Cl)cc1C(=O)N(C(=O)OC(C)(C)C)C2CC(=O)OC(C)(C)C. The van der Waals surface area contributed by atoms with Crippen molar-refractivity contribution in [2.24, 2.45) is 0 Å². The number of aryl methyl sites for hydroxylation is 1. The number of esters is 1. The number of rotatable bonds is 2. The molecule has 0 saturated carbocycles. The molecule has 0 N–H and O–H groups in total. The second-order valence-corrected chi connectivity index (χ2v) is 10.1. The average molecular weight is 463 g/mol. The van der Waals surface area contributed by atoms with Gasteiger partial charge in [0.1, 0.15) is 17.2 Å². The van der Waals surface area contributed by atoms with Gasteiger partial charge in [-0.3, -0.25) is 9.59 Å². The van der Waals surface area contributed by atoms with E-state index >= 15 is 0 Å². The molecule has 2 amide bonds. The standard InChI is InChI=1S/C23H27ClN2O6/c1-12-18-14-9-8-13(24)10-15(14)20(28)26(21(29)31-23(5,6)7)16(19(18)32-25-12)11-17(27)30-22(2,3)4/h8-10,16H,11H2,1-7H3. The fourth-order valence-corrected chi connectivity index (χ4v) is 3.66. The highest BCUT2D eigenvalue weighted by Gasteiger charge is 2.44. The smallest absolute Gasteiger partial charge is 0.418 e. The molecule has 0 aliphatic carbocycles. The van der Waals surface area contributed by atoms with E-state index in [1.807, 2.05) is 0 Å². The predicted octanol–water partition coefficient (Wildman–Crippen LogP) is 5.47. The Hall–Kier alpha value is -2.87. The first kappa shape index (κ1) is 23.8. The monoisotopic (exact) mass is 462 g/mol. The first-order chi connectivity index (χ1) is 14.7. The fourth-order valence-electron chi connectivity index (χ4n) is 3.49. The van der Waals surface area contributed by atoms with Crippen LogP contribution in [0.3, 0.4) is 0 Å². The van der Waals surface area contributed by atoms with E-state index in [0.717, 1.165) is 4.90 Å². The molecule has 2 heterocycles. The molecule has 32 heavy (non-hydrogen) atoms. The molecule has 0 radical (unpaired) electrons. The number of benzene rings is 1. The zero-order valence-electron chi connectivity index (χ0n) is 19.2. The van der Waals surface area contributed by atoms with Crippen LogP contribution in [0, 0.1) is 6.92 Å².